The molecule has 1 aromatic carbocycles. The quantitative estimate of drug-likeness (QED) is 0.585. The summed E-state index contributed by atoms with van der Waals surface area (Å²) >= 11 is 8.62. The first-order valence-corrected chi connectivity index (χ1v) is 10.1. The highest BCUT2D eigenvalue weighted by atomic mass is 35.5. The number of nitrogens with zero attached hydrogens (tertiary/aromatic N) is 3. The van der Waals surface area contributed by atoms with Crippen LogP contribution in [0.25, 0.3) is 10.8 Å². The summed E-state index contributed by atoms with van der Waals surface area (Å²) in [7, 11) is 1.56. The van der Waals surface area contributed by atoms with E-state index in [2.05, 4.69) is 15.5 Å². The number of thioether (sulfide) groups is 1. The zero-order chi connectivity index (χ0) is 19.2. The fourth-order valence-electron chi connectivity index (χ4n) is 2.06. The van der Waals surface area contributed by atoms with Crippen molar-refractivity contribution in [2.45, 2.75) is 5.22 Å². The molecule has 1 N–H and O–H groups in total. The lowest BCUT2D eigenvalue weighted by Crippen LogP contribution is -2.36. The van der Waals surface area contributed by atoms with E-state index in [0.29, 0.717) is 21.8 Å². The Morgan fingerprint density at radius 2 is 2.07 bits per heavy atom. The maximum atomic E-state index is 12.2. The Morgan fingerprint density at radius 1 is 1.26 bits per heavy atom. The van der Waals surface area contributed by atoms with Gasteiger partial charge < -0.3 is 14.6 Å². The van der Waals surface area contributed by atoms with Crippen molar-refractivity contribution in [1.29, 1.82) is 0 Å². The number of rotatable bonds is 7. The van der Waals surface area contributed by atoms with Crippen molar-refractivity contribution in [1.82, 2.24) is 15.1 Å². The highest BCUT2D eigenvalue weighted by molar-refractivity contribution is 7.99. The first-order chi connectivity index (χ1) is 13.0. The normalized spacial score (nSPS) is 10.6. The topological polar surface area (TPSA) is 88.3 Å². The molecule has 0 unspecified atom stereocenters. The fourth-order valence-corrected chi connectivity index (χ4v) is 3.59. The van der Waals surface area contributed by atoms with Gasteiger partial charge in [0, 0.05) is 7.05 Å². The second kappa shape index (κ2) is 9.03. The second-order valence-corrected chi connectivity index (χ2v) is 7.70. The number of benzene rings is 1. The summed E-state index contributed by atoms with van der Waals surface area (Å²) in [6.07, 6.45) is 0. The van der Waals surface area contributed by atoms with Crippen LogP contribution >= 0.6 is 34.7 Å². The van der Waals surface area contributed by atoms with E-state index in [1.54, 1.807) is 31.3 Å². The molecule has 0 radical (unpaired) electrons. The van der Waals surface area contributed by atoms with Crippen molar-refractivity contribution >= 4 is 52.2 Å². The molecule has 2 heterocycles. The molecular formula is C17H15ClN4O3S2. The number of hydrogen-bond donors (Lipinski definition) is 1. The summed E-state index contributed by atoms with van der Waals surface area (Å²) < 4.78 is 5.52. The minimum atomic E-state index is -0.332. The number of carbonyl (C=O) groups is 2. The molecule has 27 heavy (non-hydrogen) atoms. The Hall–Kier alpha value is -2.36. The van der Waals surface area contributed by atoms with Crippen LogP contribution in [0.2, 0.25) is 5.02 Å². The predicted octanol–water partition coefficient (Wildman–Crippen LogP) is 3.64. The van der Waals surface area contributed by atoms with E-state index in [0.717, 1.165) is 16.6 Å². The molecule has 0 atom stereocenters. The number of amides is 2. The average Bonchev–Trinajstić information content (AvgIpc) is 3.33. The molecule has 140 valence electrons. The smallest absolute Gasteiger partial charge is 0.277 e. The van der Waals surface area contributed by atoms with Gasteiger partial charge >= 0.3 is 0 Å². The first kappa shape index (κ1) is 19.4. The van der Waals surface area contributed by atoms with Gasteiger partial charge in [0.15, 0.2) is 0 Å². The van der Waals surface area contributed by atoms with Gasteiger partial charge in [0.05, 0.1) is 27.9 Å². The molecule has 0 aliphatic carbocycles. The van der Waals surface area contributed by atoms with E-state index in [-0.39, 0.29) is 24.1 Å². The molecule has 0 fully saturated rings. The maximum absolute atomic E-state index is 12.2. The monoisotopic (exact) mass is 422 g/mol. The lowest BCUT2D eigenvalue weighted by molar-refractivity contribution is -0.131. The fraction of sp³-hybridized carbons (Fsp3) is 0.176. The zero-order valence-corrected chi connectivity index (χ0v) is 16.6. The minimum absolute atomic E-state index is 0.0853. The molecular weight excluding hydrogens is 408 g/mol. The summed E-state index contributed by atoms with van der Waals surface area (Å²) in [6.45, 7) is -0.0884. The van der Waals surface area contributed by atoms with Crippen LogP contribution in [0, 0.1) is 0 Å². The molecule has 2 amide bonds. The van der Waals surface area contributed by atoms with Crippen LogP contribution in [0.4, 0.5) is 5.69 Å². The molecule has 7 nitrogen and oxygen atoms in total. The van der Waals surface area contributed by atoms with Gasteiger partial charge in [-0.2, -0.15) is 0 Å². The largest absolute Gasteiger partial charge is 0.410 e. The molecule has 0 aliphatic heterocycles. The van der Waals surface area contributed by atoms with Crippen LogP contribution in [0.5, 0.6) is 0 Å². The SMILES string of the molecule is CN(CC(=O)Nc1ccccc1Cl)C(=O)CSc1nnc(-c2cccs2)o1. The van der Waals surface area contributed by atoms with Crippen molar-refractivity contribution in [3.8, 4) is 10.8 Å². The Bertz CT molecular complexity index is 930. The number of likely N-dealkylation sites (N-methyl/N-ethyl adjacent to an activating group) is 1. The van der Waals surface area contributed by atoms with Crippen LogP contribution in [-0.2, 0) is 9.59 Å². The Kier molecular flexibility index (Phi) is 6.49. The van der Waals surface area contributed by atoms with Gasteiger partial charge in [0.2, 0.25) is 11.8 Å². The highest BCUT2D eigenvalue weighted by Crippen LogP contribution is 2.26. The number of nitrogens with one attached hydrogen (secondary N) is 1. The average molecular weight is 423 g/mol. The predicted molar refractivity (Wildman–Crippen MR) is 106 cm³/mol. The van der Waals surface area contributed by atoms with Crippen molar-refractivity contribution in [3.05, 3.63) is 46.8 Å². The van der Waals surface area contributed by atoms with Crippen LogP contribution in [0.15, 0.2) is 51.4 Å². The van der Waals surface area contributed by atoms with E-state index < -0.39 is 0 Å². The number of carbonyl (C=O) groups excluding carboxylic acids is 2. The molecule has 10 heteroatoms. The van der Waals surface area contributed by atoms with E-state index in [1.807, 2.05) is 17.5 Å². The van der Waals surface area contributed by atoms with Gasteiger partial charge in [-0.3, -0.25) is 9.59 Å². The standard InChI is InChI=1S/C17H15ClN4O3S2/c1-22(9-14(23)19-12-6-3-2-5-11(12)18)15(24)10-27-17-21-20-16(25-17)13-7-4-8-26-13/h2-8H,9-10H2,1H3,(H,19,23). The maximum Gasteiger partial charge on any atom is 0.277 e. The third-order valence-corrected chi connectivity index (χ3v) is 5.40. The number of para-hydroxylation sites is 1. The molecule has 0 spiro atoms. The van der Waals surface area contributed by atoms with Gasteiger partial charge in [-0.1, -0.05) is 41.6 Å². The molecule has 0 bridgehead atoms. The number of anilines is 1. The zero-order valence-electron chi connectivity index (χ0n) is 14.2. The molecule has 3 rings (SSSR count). The van der Waals surface area contributed by atoms with Crippen LogP contribution in [0.3, 0.4) is 0 Å². The van der Waals surface area contributed by atoms with Gasteiger partial charge in [-0.15, -0.1) is 21.5 Å². The Morgan fingerprint density at radius 3 is 2.81 bits per heavy atom. The summed E-state index contributed by atoms with van der Waals surface area (Å²) in [6, 6.07) is 10.7. The second-order valence-electron chi connectivity index (χ2n) is 5.42. The lowest BCUT2D eigenvalue weighted by atomic mass is 10.3. The minimum Gasteiger partial charge on any atom is -0.410 e. The molecule has 3 aromatic rings. The highest BCUT2D eigenvalue weighted by Gasteiger charge is 2.16. The third-order valence-electron chi connectivity index (χ3n) is 3.41. The Balaban J connectivity index is 1.48. The lowest BCUT2D eigenvalue weighted by Gasteiger charge is -2.16. The van der Waals surface area contributed by atoms with Crippen molar-refractivity contribution in [2.24, 2.45) is 0 Å². The molecule has 0 saturated heterocycles. The third kappa shape index (κ3) is 5.31. The van der Waals surface area contributed by atoms with E-state index in [4.69, 9.17) is 16.0 Å². The van der Waals surface area contributed by atoms with Crippen molar-refractivity contribution in [3.63, 3.8) is 0 Å². The van der Waals surface area contributed by atoms with Gasteiger partial charge in [-0.25, -0.2) is 0 Å². The summed E-state index contributed by atoms with van der Waals surface area (Å²) in [4.78, 5) is 26.5. The number of halogens is 1. The van der Waals surface area contributed by atoms with Gasteiger partial charge in [-0.05, 0) is 23.6 Å². The number of aromatic nitrogens is 2. The molecule has 2 aromatic heterocycles. The summed E-state index contributed by atoms with van der Waals surface area (Å²) in [5, 5.41) is 13.2. The van der Waals surface area contributed by atoms with Crippen LogP contribution < -0.4 is 5.32 Å². The number of thiophene rings is 1. The van der Waals surface area contributed by atoms with Crippen LogP contribution in [0.1, 0.15) is 0 Å². The van der Waals surface area contributed by atoms with Gasteiger partial charge in [0.1, 0.15) is 0 Å². The summed E-state index contributed by atoms with van der Waals surface area (Å²) in [5.74, 6) is -0.0542. The van der Waals surface area contributed by atoms with Crippen LogP contribution in [-0.4, -0.2) is 46.3 Å². The first-order valence-electron chi connectivity index (χ1n) is 7.81. The summed E-state index contributed by atoms with van der Waals surface area (Å²) in [5.41, 5.74) is 0.506. The van der Waals surface area contributed by atoms with E-state index >= 15 is 0 Å². The van der Waals surface area contributed by atoms with E-state index in [9.17, 15) is 9.59 Å². The van der Waals surface area contributed by atoms with Crippen molar-refractivity contribution in [2.75, 3.05) is 24.7 Å². The van der Waals surface area contributed by atoms with Crippen molar-refractivity contribution < 1.29 is 14.0 Å². The molecule has 0 saturated carbocycles. The van der Waals surface area contributed by atoms with Gasteiger partial charge in [0.25, 0.3) is 11.1 Å². The number of hydrogen-bond acceptors (Lipinski definition) is 7. The van der Waals surface area contributed by atoms with E-state index in [1.165, 1.54) is 16.2 Å². The Labute approximate surface area is 168 Å². The molecule has 0 aliphatic rings.